The molecule has 0 saturated carbocycles. The van der Waals surface area contributed by atoms with E-state index < -0.39 is 51.9 Å². The molecule has 0 atom stereocenters. The molecular weight excluding hydrogens is 428 g/mol. The highest BCUT2D eigenvalue weighted by molar-refractivity contribution is 7.87. The van der Waals surface area contributed by atoms with Gasteiger partial charge in [0.1, 0.15) is 0 Å². The molecule has 4 nitrogen and oxygen atoms in total. The summed E-state index contributed by atoms with van der Waals surface area (Å²) in [6.07, 6.45) is -2.85. The predicted octanol–water partition coefficient (Wildman–Crippen LogP) is 4.42. The van der Waals surface area contributed by atoms with Crippen molar-refractivity contribution in [3.05, 3.63) is 0 Å². The van der Waals surface area contributed by atoms with Crippen LogP contribution in [0.1, 0.15) is 32.6 Å². The summed E-state index contributed by atoms with van der Waals surface area (Å²) in [5.74, 6) is -27.9. The van der Waals surface area contributed by atoms with Crippen molar-refractivity contribution < 1.29 is 56.9 Å². The van der Waals surface area contributed by atoms with Gasteiger partial charge in [-0.15, -0.1) is 0 Å². The number of unbranched alkanes of at least 4 members (excludes halogenated alkanes) is 2. The average molecular weight is 447 g/mol. The van der Waals surface area contributed by atoms with Gasteiger partial charge in [0.25, 0.3) is 0 Å². The molecule has 0 bridgehead atoms. The number of hydrogen-bond acceptors (Lipinski definition) is 3. The number of halogens is 10. The van der Waals surface area contributed by atoms with Crippen LogP contribution >= 0.6 is 0 Å². The van der Waals surface area contributed by atoms with Gasteiger partial charge in [0.05, 0.1) is 0 Å². The van der Waals surface area contributed by atoms with Gasteiger partial charge in [-0.1, -0.05) is 19.8 Å². The van der Waals surface area contributed by atoms with Crippen molar-refractivity contribution in [1.29, 1.82) is 0 Å². The van der Waals surface area contributed by atoms with Crippen LogP contribution in [0.5, 0.6) is 0 Å². The third-order valence-electron chi connectivity index (χ3n) is 3.03. The molecule has 0 aliphatic heterocycles. The smallest absolute Gasteiger partial charge is 0.323 e. The normalized spacial score (nSPS) is 14.6. The molecule has 27 heavy (non-hydrogen) atoms. The Morgan fingerprint density at radius 1 is 0.778 bits per heavy atom. The van der Waals surface area contributed by atoms with Gasteiger partial charge < -0.3 is 5.32 Å². The topological polar surface area (TPSA) is 66.4 Å². The first kappa shape index (κ1) is 28.4. The van der Waals surface area contributed by atoms with Crippen LogP contribution in [0.25, 0.3) is 0 Å². The molecule has 0 amide bonds. The van der Waals surface area contributed by atoms with Crippen molar-refractivity contribution in [1.82, 2.24) is 5.32 Å². The van der Waals surface area contributed by atoms with E-state index in [4.69, 9.17) is 4.55 Å². The highest BCUT2D eigenvalue weighted by atomic mass is 32.2. The second-order valence-electron chi connectivity index (χ2n) is 5.38. The van der Waals surface area contributed by atoms with Gasteiger partial charge >= 0.3 is 39.1 Å². The van der Waals surface area contributed by atoms with Gasteiger partial charge in [-0.05, 0) is 20.5 Å². The van der Waals surface area contributed by atoms with Gasteiger partial charge in [0, 0.05) is 6.42 Å². The molecule has 0 saturated heterocycles. The summed E-state index contributed by atoms with van der Waals surface area (Å²) in [6, 6.07) is 0. The van der Waals surface area contributed by atoms with E-state index in [1.807, 2.05) is 14.1 Å². The zero-order valence-electron chi connectivity index (χ0n) is 14.3. The SMILES string of the molecule is CCCCCC(F)(F)C(F)(F)C(F)(F)C(F)(F)C(F)(F)S(=O)(=O)O.CNC. The summed E-state index contributed by atoms with van der Waals surface area (Å²) in [4.78, 5) is 0. The average Bonchev–Trinajstić information content (AvgIpc) is 2.46. The summed E-state index contributed by atoms with van der Waals surface area (Å²) < 4.78 is 159. The molecule has 0 unspecified atom stereocenters. The van der Waals surface area contributed by atoms with Crippen LogP contribution in [0.15, 0.2) is 0 Å². The Labute approximate surface area is 149 Å². The van der Waals surface area contributed by atoms with Crippen LogP contribution in [-0.2, 0) is 10.1 Å². The molecule has 2 N–H and O–H groups in total. The first-order chi connectivity index (χ1) is 11.7. The highest BCUT2D eigenvalue weighted by Crippen LogP contribution is 2.58. The first-order valence-corrected chi connectivity index (χ1v) is 8.61. The van der Waals surface area contributed by atoms with Crippen LogP contribution in [0.2, 0.25) is 0 Å². The Kier molecular flexibility index (Phi) is 9.58. The predicted molar refractivity (Wildman–Crippen MR) is 75.4 cm³/mol. The molecule has 166 valence electrons. The molecule has 0 aromatic heterocycles. The van der Waals surface area contributed by atoms with Crippen LogP contribution < -0.4 is 5.32 Å². The largest absolute Gasteiger partial charge is 0.438 e. The highest BCUT2D eigenvalue weighted by Gasteiger charge is 2.88. The zero-order valence-corrected chi connectivity index (χ0v) is 15.1. The van der Waals surface area contributed by atoms with E-state index in [9.17, 15) is 52.3 Å². The van der Waals surface area contributed by atoms with Gasteiger partial charge in [0.15, 0.2) is 0 Å². The standard InChI is InChI=1S/C10H12F10O3S.C2H7N/c1-2-3-4-5-6(11,12)7(13,14)8(15,16)9(17,18)10(19,20)24(21,22)23;1-3-2/h2-5H2,1H3,(H,21,22,23);3H,1-2H3. The van der Waals surface area contributed by atoms with E-state index in [0.29, 0.717) is 0 Å². The fourth-order valence-corrected chi connectivity index (χ4v) is 1.98. The Hall–Kier alpha value is -0.830. The monoisotopic (exact) mass is 447 g/mol. The summed E-state index contributed by atoms with van der Waals surface area (Å²) >= 11 is 0. The van der Waals surface area contributed by atoms with Crippen molar-refractivity contribution in [2.75, 3.05) is 14.1 Å². The van der Waals surface area contributed by atoms with Crippen molar-refractivity contribution in [2.24, 2.45) is 0 Å². The number of rotatable bonds is 9. The number of nitrogens with one attached hydrogen (secondary N) is 1. The second-order valence-corrected chi connectivity index (χ2v) is 6.84. The van der Waals surface area contributed by atoms with Gasteiger partial charge in [-0.3, -0.25) is 4.55 Å². The van der Waals surface area contributed by atoms with Crippen LogP contribution in [0.4, 0.5) is 43.9 Å². The summed E-state index contributed by atoms with van der Waals surface area (Å²) in [5, 5.41) is -4.38. The zero-order chi connectivity index (χ0) is 22.5. The van der Waals surface area contributed by atoms with Crippen LogP contribution in [0, 0.1) is 0 Å². The molecule has 0 aromatic carbocycles. The lowest BCUT2D eigenvalue weighted by molar-refractivity contribution is -0.390. The number of alkyl halides is 10. The third kappa shape index (κ3) is 5.37. The molecule has 0 radical (unpaired) electrons. The van der Waals surface area contributed by atoms with Crippen LogP contribution in [0.3, 0.4) is 0 Å². The van der Waals surface area contributed by atoms with Crippen molar-refractivity contribution in [3.8, 4) is 0 Å². The van der Waals surface area contributed by atoms with Crippen molar-refractivity contribution in [2.45, 2.75) is 61.6 Å². The molecule has 0 aliphatic carbocycles. The second kappa shape index (κ2) is 9.11. The summed E-state index contributed by atoms with van der Waals surface area (Å²) in [5.41, 5.74) is 0. The maximum atomic E-state index is 13.2. The summed E-state index contributed by atoms with van der Waals surface area (Å²) in [6.45, 7) is 1.41. The lowest BCUT2D eigenvalue weighted by atomic mass is 9.95. The molecule has 0 aliphatic rings. The van der Waals surface area contributed by atoms with E-state index in [1.54, 1.807) is 0 Å². The number of hydrogen-bond donors (Lipinski definition) is 2. The van der Waals surface area contributed by atoms with Crippen molar-refractivity contribution in [3.63, 3.8) is 0 Å². The summed E-state index contributed by atoms with van der Waals surface area (Å²) in [7, 11) is -3.56. The van der Waals surface area contributed by atoms with E-state index in [1.165, 1.54) is 6.92 Å². The fourth-order valence-electron chi connectivity index (χ4n) is 1.53. The maximum absolute atomic E-state index is 13.2. The third-order valence-corrected chi connectivity index (χ3v) is 3.94. The van der Waals surface area contributed by atoms with Gasteiger partial charge in [-0.25, -0.2) is 0 Å². The fraction of sp³-hybridized carbons (Fsp3) is 1.00. The molecule has 0 heterocycles. The molecule has 0 rings (SSSR count). The van der Waals surface area contributed by atoms with E-state index in [-0.39, 0.29) is 12.8 Å². The first-order valence-electron chi connectivity index (χ1n) is 7.17. The quantitative estimate of drug-likeness (QED) is 0.312. The minimum absolute atomic E-state index is 0.162. The molecule has 15 heteroatoms. The molecule has 0 fully saturated rings. The lowest BCUT2D eigenvalue weighted by Crippen LogP contribution is -2.68. The minimum atomic E-state index is -7.52. The van der Waals surface area contributed by atoms with E-state index in [2.05, 4.69) is 5.32 Å². The molecule has 0 spiro atoms. The van der Waals surface area contributed by atoms with E-state index >= 15 is 0 Å². The maximum Gasteiger partial charge on any atom is 0.438 e. The Balaban J connectivity index is 0. The molecular formula is C12H19F10NO3S. The molecule has 0 aromatic rings. The van der Waals surface area contributed by atoms with E-state index in [0.717, 1.165) is 0 Å². The lowest BCUT2D eigenvalue weighted by Gasteiger charge is -2.38. The Morgan fingerprint density at radius 2 is 1.15 bits per heavy atom. The Morgan fingerprint density at radius 3 is 1.44 bits per heavy atom. The Bertz CT molecular complexity index is 566. The van der Waals surface area contributed by atoms with Crippen LogP contribution in [-0.4, -0.2) is 56.0 Å². The van der Waals surface area contributed by atoms with Crippen molar-refractivity contribution >= 4 is 10.1 Å². The van der Waals surface area contributed by atoms with Gasteiger partial charge in [-0.2, -0.15) is 52.3 Å². The van der Waals surface area contributed by atoms with Gasteiger partial charge in [0.2, 0.25) is 0 Å². The minimum Gasteiger partial charge on any atom is -0.323 e.